The lowest BCUT2D eigenvalue weighted by Crippen LogP contribution is -2.39. The molecule has 0 aliphatic rings. The number of carboxylic acid groups (broad SMARTS) is 5. The highest BCUT2D eigenvalue weighted by Gasteiger charge is 2.33. The maximum absolute atomic E-state index is 10.3. The van der Waals surface area contributed by atoms with Crippen LogP contribution in [0.2, 0.25) is 0 Å². The normalized spacial score (nSPS) is 15.1. The molecule has 0 aromatic rings. The molecule has 0 amide bonds. The summed E-state index contributed by atoms with van der Waals surface area (Å²) < 4.78 is 0. The van der Waals surface area contributed by atoms with Crippen LogP contribution in [0.25, 0.3) is 0 Å². The van der Waals surface area contributed by atoms with Gasteiger partial charge in [-0.1, -0.05) is 0 Å². The fraction of sp³-hybridized carbons (Fsp3) is 0.500. The maximum Gasteiger partial charge on any atom is 0.335 e. The first-order valence-electron chi connectivity index (χ1n) is 5.50. The third kappa shape index (κ3) is 8.97. The van der Waals surface area contributed by atoms with Crippen LogP contribution in [0.4, 0.5) is 0 Å². The van der Waals surface area contributed by atoms with Crippen LogP contribution in [0, 0.1) is 5.92 Å². The highest BCUT2D eigenvalue weighted by Crippen LogP contribution is 2.09. The number of aliphatic carboxylic acids is 5. The number of aliphatic hydroxyl groups excluding tert-OH is 3. The van der Waals surface area contributed by atoms with Gasteiger partial charge in [0.1, 0.15) is 5.92 Å². The molecule has 0 rings (SSSR count). The second-order valence-corrected chi connectivity index (χ2v) is 3.89. The van der Waals surface area contributed by atoms with Crippen molar-refractivity contribution in [3.8, 4) is 0 Å². The Labute approximate surface area is 126 Å². The van der Waals surface area contributed by atoms with Crippen molar-refractivity contribution in [3.63, 3.8) is 0 Å². The highest BCUT2D eigenvalue weighted by molar-refractivity contribution is 5.85. The van der Waals surface area contributed by atoms with Crippen molar-refractivity contribution in [1.82, 2.24) is 0 Å². The average molecular weight is 342 g/mol. The van der Waals surface area contributed by atoms with Gasteiger partial charge in [-0.3, -0.25) is 9.59 Å². The van der Waals surface area contributed by atoms with E-state index in [1.54, 1.807) is 0 Å². The lowest BCUT2D eigenvalue weighted by Gasteiger charge is -2.12. The van der Waals surface area contributed by atoms with Crippen LogP contribution in [0.15, 0.2) is 0 Å². The van der Waals surface area contributed by atoms with E-state index in [0.29, 0.717) is 0 Å². The minimum absolute atomic E-state index is 0.928. The molecule has 0 saturated heterocycles. The van der Waals surface area contributed by atoms with Crippen molar-refractivity contribution in [2.75, 3.05) is 0 Å². The Morgan fingerprint density at radius 1 is 0.565 bits per heavy atom. The van der Waals surface area contributed by atoms with Gasteiger partial charge in [0.2, 0.25) is 0 Å². The number of hydrogen-bond donors (Lipinski definition) is 8. The van der Waals surface area contributed by atoms with E-state index < -0.39 is 60.5 Å². The molecule has 0 radical (unpaired) electrons. The molecule has 0 heterocycles. The second-order valence-electron chi connectivity index (χ2n) is 3.89. The SMILES string of the molecule is O=C(O)C(O)C(O)C(=O)O.O=C(O)CC(C(=O)O)C(O)C(=O)O. The summed E-state index contributed by atoms with van der Waals surface area (Å²) in [5, 5.41) is 66.0. The number of carbonyl (C=O) groups is 5. The predicted octanol–water partition coefficient (Wildman–Crippen LogP) is -3.52. The summed E-state index contributed by atoms with van der Waals surface area (Å²) in [5.41, 5.74) is 0. The second kappa shape index (κ2) is 10.0. The minimum atomic E-state index is -2.27. The van der Waals surface area contributed by atoms with Gasteiger partial charge in [-0.05, 0) is 0 Å². The molecule has 0 saturated carbocycles. The van der Waals surface area contributed by atoms with E-state index in [9.17, 15) is 24.0 Å². The van der Waals surface area contributed by atoms with Crippen LogP contribution >= 0.6 is 0 Å². The fourth-order valence-corrected chi connectivity index (χ4v) is 0.964. The Balaban J connectivity index is 0. The Hall–Kier alpha value is -2.77. The van der Waals surface area contributed by atoms with Gasteiger partial charge >= 0.3 is 29.8 Å². The first-order chi connectivity index (χ1) is 10.3. The molecular weight excluding hydrogens is 328 g/mol. The molecular formula is C10H14O13. The number of aliphatic hydroxyl groups is 3. The van der Waals surface area contributed by atoms with Crippen molar-refractivity contribution < 1.29 is 64.8 Å². The molecule has 0 aliphatic carbocycles. The molecule has 0 aromatic heterocycles. The molecule has 13 nitrogen and oxygen atoms in total. The van der Waals surface area contributed by atoms with Gasteiger partial charge in [0, 0.05) is 0 Å². The topological polar surface area (TPSA) is 247 Å². The van der Waals surface area contributed by atoms with Crippen LogP contribution in [-0.4, -0.2) is 89.0 Å². The van der Waals surface area contributed by atoms with Gasteiger partial charge in [-0.25, -0.2) is 14.4 Å². The zero-order valence-corrected chi connectivity index (χ0v) is 11.1. The fourth-order valence-electron chi connectivity index (χ4n) is 0.964. The molecule has 8 N–H and O–H groups in total. The molecule has 23 heavy (non-hydrogen) atoms. The van der Waals surface area contributed by atoms with Gasteiger partial charge in [0.15, 0.2) is 18.3 Å². The van der Waals surface area contributed by atoms with Crippen molar-refractivity contribution in [3.05, 3.63) is 0 Å². The molecule has 4 unspecified atom stereocenters. The van der Waals surface area contributed by atoms with E-state index in [0.717, 1.165) is 0 Å². The van der Waals surface area contributed by atoms with Crippen molar-refractivity contribution in [2.45, 2.75) is 24.7 Å². The van der Waals surface area contributed by atoms with Crippen LogP contribution in [-0.2, 0) is 24.0 Å². The third-order valence-corrected chi connectivity index (χ3v) is 2.15. The molecule has 4 atom stereocenters. The maximum atomic E-state index is 10.3. The third-order valence-electron chi connectivity index (χ3n) is 2.15. The van der Waals surface area contributed by atoms with E-state index >= 15 is 0 Å². The van der Waals surface area contributed by atoms with Crippen LogP contribution in [0.1, 0.15) is 6.42 Å². The first kappa shape index (κ1) is 22.5. The van der Waals surface area contributed by atoms with E-state index in [1.807, 2.05) is 0 Å². The van der Waals surface area contributed by atoms with Crippen LogP contribution in [0.3, 0.4) is 0 Å². The first-order valence-corrected chi connectivity index (χ1v) is 5.50. The molecule has 13 heteroatoms. The van der Waals surface area contributed by atoms with Gasteiger partial charge in [-0.2, -0.15) is 0 Å². The predicted molar refractivity (Wildman–Crippen MR) is 64.3 cm³/mol. The summed E-state index contributed by atoms with van der Waals surface area (Å²) in [7, 11) is 0. The zero-order chi connectivity index (χ0) is 18.9. The van der Waals surface area contributed by atoms with Crippen LogP contribution in [0.5, 0.6) is 0 Å². The van der Waals surface area contributed by atoms with Gasteiger partial charge < -0.3 is 40.9 Å². The summed E-state index contributed by atoms with van der Waals surface area (Å²) in [4.78, 5) is 50.0. The van der Waals surface area contributed by atoms with Crippen molar-refractivity contribution >= 4 is 29.8 Å². The molecule has 0 aliphatic heterocycles. The Kier molecular flexibility index (Phi) is 9.83. The lowest BCUT2D eigenvalue weighted by molar-refractivity contribution is -0.165. The average Bonchev–Trinajstić information content (AvgIpc) is 2.42. The Bertz CT molecular complexity index is 451. The number of hydrogen-bond acceptors (Lipinski definition) is 8. The van der Waals surface area contributed by atoms with Gasteiger partial charge in [0.25, 0.3) is 0 Å². The van der Waals surface area contributed by atoms with E-state index in [4.69, 9.17) is 40.9 Å². The smallest absolute Gasteiger partial charge is 0.335 e. The molecule has 0 bridgehead atoms. The van der Waals surface area contributed by atoms with E-state index in [-0.39, 0.29) is 0 Å². The molecule has 0 fully saturated rings. The van der Waals surface area contributed by atoms with E-state index in [1.165, 1.54) is 0 Å². The largest absolute Gasteiger partial charge is 0.481 e. The highest BCUT2D eigenvalue weighted by atomic mass is 16.4. The quantitative estimate of drug-likeness (QED) is 0.213. The van der Waals surface area contributed by atoms with Crippen molar-refractivity contribution in [1.29, 1.82) is 0 Å². The number of rotatable bonds is 8. The lowest BCUT2D eigenvalue weighted by atomic mass is 9.99. The molecule has 0 spiro atoms. The van der Waals surface area contributed by atoms with Gasteiger partial charge in [0.05, 0.1) is 6.42 Å². The summed E-state index contributed by atoms with van der Waals surface area (Å²) in [6.45, 7) is 0. The van der Waals surface area contributed by atoms with Gasteiger partial charge in [-0.15, -0.1) is 0 Å². The minimum Gasteiger partial charge on any atom is -0.481 e. The monoisotopic (exact) mass is 342 g/mol. The Morgan fingerprint density at radius 2 is 0.870 bits per heavy atom. The van der Waals surface area contributed by atoms with E-state index in [2.05, 4.69) is 0 Å². The summed E-state index contributed by atoms with van der Waals surface area (Å²) in [6, 6.07) is 0. The summed E-state index contributed by atoms with van der Waals surface area (Å²) in [6.07, 6.45) is -7.66. The summed E-state index contributed by atoms with van der Waals surface area (Å²) in [5.74, 6) is -10.3. The molecule has 132 valence electrons. The standard InChI is InChI=1S/C6H8O7.C4H6O6/c7-3(8)1-2(5(10)11)4(9)6(12)13;5-1(3(7)8)2(6)4(9)10/h2,4,9H,1H2,(H,7,8)(H,10,11)(H,12,13);1-2,5-6H,(H,7,8)(H,9,10). The van der Waals surface area contributed by atoms with Crippen molar-refractivity contribution in [2.24, 2.45) is 5.92 Å². The zero-order valence-electron chi connectivity index (χ0n) is 11.1. The number of carboxylic acids is 5. The molecule has 0 aromatic carbocycles. The summed E-state index contributed by atoms with van der Waals surface area (Å²) >= 11 is 0. The Morgan fingerprint density at radius 3 is 1.04 bits per heavy atom. The van der Waals surface area contributed by atoms with Crippen LogP contribution < -0.4 is 0 Å².